The summed E-state index contributed by atoms with van der Waals surface area (Å²) in [6.07, 6.45) is 3.21. The molecule has 82 valence electrons. The number of benzene rings is 1. The van der Waals surface area contributed by atoms with Gasteiger partial charge in [0, 0.05) is 16.1 Å². The van der Waals surface area contributed by atoms with Crippen molar-refractivity contribution in [2.45, 2.75) is 32.2 Å². The van der Waals surface area contributed by atoms with Crippen LogP contribution in [-0.2, 0) is 6.42 Å². The van der Waals surface area contributed by atoms with E-state index in [1.54, 1.807) is 0 Å². The third-order valence-electron chi connectivity index (χ3n) is 3.42. The molecule has 1 unspecified atom stereocenters. The lowest BCUT2D eigenvalue weighted by Gasteiger charge is -2.19. The van der Waals surface area contributed by atoms with Gasteiger partial charge in [-0.25, -0.2) is 0 Å². The Kier molecular flexibility index (Phi) is 2.98. The van der Waals surface area contributed by atoms with Crippen molar-refractivity contribution in [3.05, 3.63) is 33.8 Å². The minimum Gasteiger partial charge on any atom is -0.327 e. The predicted molar refractivity (Wildman–Crippen MR) is 65.5 cm³/mol. The summed E-state index contributed by atoms with van der Waals surface area (Å²) in [5.74, 6) is 0. The van der Waals surface area contributed by atoms with Crippen molar-refractivity contribution in [2.24, 2.45) is 11.1 Å². The van der Waals surface area contributed by atoms with Gasteiger partial charge in [-0.15, -0.1) is 0 Å². The maximum absolute atomic E-state index is 6.17. The van der Waals surface area contributed by atoms with Crippen LogP contribution in [0.5, 0.6) is 0 Å². The lowest BCUT2D eigenvalue weighted by atomic mass is 9.93. The molecule has 1 saturated carbocycles. The molecule has 0 aliphatic heterocycles. The Morgan fingerprint density at radius 1 is 1.33 bits per heavy atom. The van der Waals surface area contributed by atoms with Crippen LogP contribution in [0.1, 0.15) is 25.3 Å². The normalized spacial score (nSPS) is 20.0. The SMILES string of the molecule is CC1(C(N)Cc2c(Cl)cccc2Cl)CC1. The first-order valence-electron chi connectivity index (χ1n) is 5.21. The maximum atomic E-state index is 6.17. The molecule has 0 amide bonds. The van der Waals surface area contributed by atoms with Crippen LogP contribution >= 0.6 is 23.2 Å². The maximum Gasteiger partial charge on any atom is 0.0453 e. The highest BCUT2D eigenvalue weighted by atomic mass is 35.5. The lowest BCUT2D eigenvalue weighted by Crippen LogP contribution is -2.32. The van der Waals surface area contributed by atoms with Crippen LogP contribution in [0.4, 0.5) is 0 Å². The topological polar surface area (TPSA) is 26.0 Å². The Balaban J connectivity index is 2.16. The monoisotopic (exact) mass is 243 g/mol. The minimum absolute atomic E-state index is 0.162. The highest BCUT2D eigenvalue weighted by molar-refractivity contribution is 6.36. The fourth-order valence-electron chi connectivity index (χ4n) is 1.76. The molecule has 0 spiro atoms. The average Bonchev–Trinajstić information content (AvgIpc) is 2.91. The summed E-state index contributed by atoms with van der Waals surface area (Å²) in [4.78, 5) is 0. The van der Waals surface area contributed by atoms with Crippen LogP contribution in [0, 0.1) is 5.41 Å². The quantitative estimate of drug-likeness (QED) is 0.862. The van der Waals surface area contributed by atoms with E-state index in [4.69, 9.17) is 28.9 Å². The number of hydrogen-bond acceptors (Lipinski definition) is 1. The Labute approximate surface area is 101 Å². The Hall–Kier alpha value is -0.240. The first kappa shape index (κ1) is 11.3. The molecule has 1 aromatic carbocycles. The highest BCUT2D eigenvalue weighted by Gasteiger charge is 2.43. The molecule has 3 heteroatoms. The van der Waals surface area contributed by atoms with E-state index in [0.29, 0.717) is 5.41 Å². The molecule has 0 aromatic heterocycles. The van der Waals surface area contributed by atoms with Gasteiger partial charge in [0.15, 0.2) is 0 Å². The molecule has 1 aromatic rings. The van der Waals surface area contributed by atoms with E-state index in [9.17, 15) is 0 Å². The molecule has 0 saturated heterocycles. The second-order valence-corrected chi connectivity index (χ2v) is 5.48. The zero-order valence-electron chi connectivity index (χ0n) is 8.76. The molecule has 1 nitrogen and oxygen atoms in total. The summed E-state index contributed by atoms with van der Waals surface area (Å²) < 4.78 is 0. The van der Waals surface area contributed by atoms with E-state index in [0.717, 1.165) is 22.0 Å². The number of hydrogen-bond donors (Lipinski definition) is 1. The van der Waals surface area contributed by atoms with Gasteiger partial charge in [0.2, 0.25) is 0 Å². The number of halogens is 2. The third-order valence-corrected chi connectivity index (χ3v) is 4.13. The van der Waals surface area contributed by atoms with Crippen molar-refractivity contribution < 1.29 is 0 Å². The summed E-state index contributed by atoms with van der Waals surface area (Å²) in [7, 11) is 0. The van der Waals surface area contributed by atoms with E-state index in [1.165, 1.54) is 12.8 Å². The Morgan fingerprint density at radius 2 is 1.87 bits per heavy atom. The standard InChI is InChI=1S/C12H15Cl2N/c1-12(5-6-12)11(15)7-8-9(13)3-2-4-10(8)14/h2-4,11H,5-7,15H2,1H3. The molecular weight excluding hydrogens is 229 g/mol. The molecule has 15 heavy (non-hydrogen) atoms. The molecule has 1 fully saturated rings. The van der Waals surface area contributed by atoms with Gasteiger partial charge in [-0.05, 0) is 42.4 Å². The van der Waals surface area contributed by atoms with Gasteiger partial charge >= 0.3 is 0 Å². The van der Waals surface area contributed by atoms with Gasteiger partial charge in [0.1, 0.15) is 0 Å². The van der Waals surface area contributed by atoms with Gasteiger partial charge in [-0.3, -0.25) is 0 Å². The Morgan fingerprint density at radius 3 is 2.33 bits per heavy atom. The van der Waals surface area contributed by atoms with Crippen LogP contribution in [0.2, 0.25) is 10.0 Å². The van der Waals surface area contributed by atoms with E-state index in [2.05, 4.69) is 6.92 Å². The zero-order valence-corrected chi connectivity index (χ0v) is 10.3. The van der Waals surface area contributed by atoms with Crippen molar-refractivity contribution in [2.75, 3.05) is 0 Å². The van der Waals surface area contributed by atoms with Gasteiger partial charge in [0.05, 0.1) is 0 Å². The van der Waals surface area contributed by atoms with E-state index in [-0.39, 0.29) is 6.04 Å². The molecule has 0 bridgehead atoms. The fourth-order valence-corrected chi connectivity index (χ4v) is 2.31. The molecule has 0 heterocycles. The van der Waals surface area contributed by atoms with Crippen molar-refractivity contribution in [3.63, 3.8) is 0 Å². The molecule has 2 N–H and O–H groups in total. The van der Waals surface area contributed by atoms with Crippen LogP contribution in [0.25, 0.3) is 0 Å². The highest BCUT2D eigenvalue weighted by Crippen LogP contribution is 2.48. The third kappa shape index (κ3) is 2.30. The van der Waals surface area contributed by atoms with E-state index >= 15 is 0 Å². The minimum atomic E-state index is 0.162. The van der Waals surface area contributed by atoms with Crippen LogP contribution < -0.4 is 5.73 Å². The smallest absolute Gasteiger partial charge is 0.0453 e. The van der Waals surface area contributed by atoms with Crippen LogP contribution in [-0.4, -0.2) is 6.04 Å². The summed E-state index contributed by atoms with van der Waals surface area (Å²) in [5, 5.41) is 1.45. The van der Waals surface area contributed by atoms with E-state index in [1.807, 2.05) is 18.2 Å². The second kappa shape index (κ2) is 3.97. The van der Waals surface area contributed by atoms with Crippen molar-refractivity contribution in [1.29, 1.82) is 0 Å². The van der Waals surface area contributed by atoms with Crippen LogP contribution in [0.3, 0.4) is 0 Å². The van der Waals surface area contributed by atoms with Gasteiger partial charge < -0.3 is 5.73 Å². The van der Waals surface area contributed by atoms with Gasteiger partial charge in [-0.2, -0.15) is 0 Å². The predicted octanol–water partition coefficient (Wildman–Crippen LogP) is 3.66. The summed E-state index contributed by atoms with van der Waals surface area (Å²) in [5.41, 5.74) is 7.46. The number of nitrogens with two attached hydrogens (primary N) is 1. The molecule has 0 radical (unpaired) electrons. The summed E-state index contributed by atoms with van der Waals surface area (Å²) in [6.45, 7) is 2.22. The second-order valence-electron chi connectivity index (χ2n) is 4.66. The van der Waals surface area contributed by atoms with Crippen molar-refractivity contribution in [1.82, 2.24) is 0 Å². The van der Waals surface area contributed by atoms with Crippen molar-refractivity contribution in [3.8, 4) is 0 Å². The van der Waals surface area contributed by atoms with Crippen LogP contribution in [0.15, 0.2) is 18.2 Å². The molecule has 1 atom stereocenters. The molecule has 1 aliphatic rings. The van der Waals surface area contributed by atoms with Gasteiger partial charge in [-0.1, -0.05) is 36.2 Å². The van der Waals surface area contributed by atoms with E-state index < -0.39 is 0 Å². The molecule has 2 rings (SSSR count). The molecule has 1 aliphatic carbocycles. The lowest BCUT2D eigenvalue weighted by molar-refractivity contribution is 0.433. The number of rotatable bonds is 3. The Bertz CT molecular complexity index is 352. The van der Waals surface area contributed by atoms with Gasteiger partial charge in [0.25, 0.3) is 0 Å². The average molecular weight is 244 g/mol. The first-order chi connectivity index (χ1) is 7.03. The zero-order chi connectivity index (χ0) is 11.1. The first-order valence-corrected chi connectivity index (χ1v) is 5.97. The van der Waals surface area contributed by atoms with Crippen molar-refractivity contribution >= 4 is 23.2 Å². The summed E-state index contributed by atoms with van der Waals surface area (Å²) >= 11 is 12.2. The summed E-state index contributed by atoms with van der Waals surface area (Å²) in [6, 6.07) is 5.75. The molecular formula is C12H15Cl2N. The largest absolute Gasteiger partial charge is 0.327 e. The fraction of sp³-hybridized carbons (Fsp3) is 0.500.